The third kappa shape index (κ3) is 4.22. The number of nitrogens with one attached hydrogen (secondary N) is 2. The molecule has 2 saturated carbocycles. The summed E-state index contributed by atoms with van der Waals surface area (Å²) in [5.74, 6) is 0.0415. The van der Waals surface area contributed by atoms with E-state index < -0.39 is 11.7 Å². The Labute approximate surface area is 160 Å². The topological polar surface area (TPSA) is 67.2 Å². The highest BCUT2D eigenvalue weighted by atomic mass is 19.4. The Hall–Kier alpha value is -2.35. The zero-order valence-corrected chi connectivity index (χ0v) is 15.3. The number of amides is 1. The SMILES string of the molecule is O=C(NC1CCCC1)c1noc(-c2ccc(C(F)(F)F)cc2)c1CNC1CC1. The van der Waals surface area contributed by atoms with Gasteiger partial charge in [0.05, 0.1) is 5.56 Å². The number of hydrogen-bond acceptors (Lipinski definition) is 4. The van der Waals surface area contributed by atoms with Crippen LogP contribution in [0.3, 0.4) is 0 Å². The van der Waals surface area contributed by atoms with Gasteiger partial charge in [-0.1, -0.05) is 30.1 Å². The third-order valence-corrected chi connectivity index (χ3v) is 5.31. The van der Waals surface area contributed by atoms with Crippen LogP contribution in [0.25, 0.3) is 11.3 Å². The molecule has 0 unspecified atom stereocenters. The summed E-state index contributed by atoms with van der Waals surface area (Å²) in [4.78, 5) is 12.7. The number of hydrogen-bond donors (Lipinski definition) is 2. The number of aromatic nitrogens is 1. The molecule has 8 heteroatoms. The van der Waals surface area contributed by atoms with Crippen molar-refractivity contribution in [3.05, 3.63) is 41.1 Å². The van der Waals surface area contributed by atoms with Crippen LogP contribution < -0.4 is 10.6 Å². The largest absolute Gasteiger partial charge is 0.416 e. The van der Waals surface area contributed by atoms with Gasteiger partial charge in [0.2, 0.25) is 0 Å². The molecule has 1 amide bonds. The first-order chi connectivity index (χ1) is 13.4. The van der Waals surface area contributed by atoms with Gasteiger partial charge in [-0.05, 0) is 37.8 Å². The summed E-state index contributed by atoms with van der Waals surface area (Å²) >= 11 is 0. The quantitative estimate of drug-likeness (QED) is 0.769. The lowest BCUT2D eigenvalue weighted by Gasteiger charge is -2.11. The molecule has 2 aliphatic rings. The van der Waals surface area contributed by atoms with Gasteiger partial charge in [-0.15, -0.1) is 0 Å². The highest BCUT2D eigenvalue weighted by Gasteiger charge is 2.31. The highest BCUT2D eigenvalue weighted by molar-refractivity contribution is 5.95. The molecule has 4 rings (SSSR count). The van der Waals surface area contributed by atoms with Gasteiger partial charge in [-0.25, -0.2) is 0 Å². The number of nitrogens with zero attached hydrogens (tertiary/aromatic N) is 1. The van der Waals surface area contributed by atoms with Gasteiger partial charge in [0.15, 0.2) is 11.5 Å². The minimum absolute atomic E-state index is 0.142. The number of carbonyl (C=O) groups is 1. The molecule has 150 valence electrons. The van der Waals surface area contributed by atoms with E-state index in [-0.39, 0.29) is 17.6 Å². The number of halogens is 3. The van der Waals surface area contributed by atoms with Crippen molar-refractivity contribution >= 4 is 5.91 Å². The van der Waals surface area contributed by atoms with E-state index >= 15 is 0 Å². The van der Waals surface area contributed by atoms with Crippen LogP contribution in [0.4, 0.5) is 13.2 Å². The molecule has 0 bridgehead atoms. The summed E-state index contributed by atoms with van der Waals surface area (Å²) < 4.78 is 43.9. The fraction of sp³-hybridized carbons (Fsp3) is 0.500. The van der Waals surface area contributed by atoms with Crippen molar-refractivity contribution in [2.45, 2.75) is 63.3 Å². The minimum Gasteiger partial charge on any atom is -0.355 e. The van der Waals surface area contributed by atoms with Crippen molar-refractivity contribution in [3.63, 3.8) is 0 Å². The molecule has 2 fully saturated rings. The zero-order chi connectivity index (χ0) is 19.7. The number of benzene rings is 1. The standard InChI is InChI=1S/C20H22F3N3O2/c21-20(22,23)13-7-5-12(6-8-13)18-16(11-24-14-9-10-14)17(26-28-18)19(27)25-15-3-1-2-4-15/h5-8,14-15,24H,1-4,9-11H2,(H,25,27). The van der Waals surface area contributed by atoms with E-state index in [0.29, 0.717) is 29.5 Å². The van der Waals surface area contributed by atoms with Gasteiger partial charge >= 0.3 is 6.18 Å². The summed E-state index contributed by atoms with van der Waals surface area (Å²) in [6.07, 6.45) is 1.83. The maximum Gasteiger partial charge on any atom is 0.416 e. The summed E-state index contributed by atoms with van der Waals surface area (Å²) in [6.45, 7) is 0.387. The van der Waals surface area contributed by atoms with Crippen molar-refractivity contribution in [3.8, 4) is 11.3 Å². The van der Waals surface area contributed by atoms with E-state index in [1.807, 2.05) is 0 Å². The molecule has 5 nitrogen and oxygen atoms in total. The molecule has 0 saturated heterocycles. The van der Waals surface area contributed by atoms with Crippen LogP contribution in [0.2, 0.25) is 0 Å². The second-order valence-corrected chi connectivity index (χ2v) is 7.52. The Bertz CT molecular complexity index is 835. The van der Waals surface area contributed by atoms with Gasteiger partial charge in [0.1, 0.15) is 0 Å². The van der Waals surface area contributed by atoms with E-state index in [2.05, 4.69) is 15.8 Å². The molecule has 1 aromatic heterocycles. The van der Waals surface area contributed by atoms with Gasteiger partial charge in [-0.2, -0.15) is 13.2 Å². The molecule has 2 aliphatic carbocycles. The molecule has 1 heterocycles. The second kappa shape index (κ2) is 7.58. The van der Waals surface area contributed by atoms with E-state index in [0.717, 1.165) is 50.7 Å². The Morgan fingerprint density at radius 3 is 2.36 bits per heavy atom. The van der Waals surface area contributed by atoms with Gasteiger partial charge in [-0.3, -0.25) is 4.79 Å². The van der Waals surface area contributed by atoms with Crippen molar-refractivity contribution in [1.29, 1.82) is 0 Å². The van der Waals surface area contributed by atoms with Crippen LogP contribution >= 0.6 is 0 Å². The van der Waals surface area contributed by atoms with Crippen LogP contribution in [-0.4, -0.2) is 23.1 Å². The second-order valence-electron chi connectivity index (χ2n) is 7.52. The van der Waals surface area contributed by atoms with Crippen LogP contribution in [0.1, 0.15) is 60.1 Å². The summed E-state index contributed by atoms with van der Waals surface area (Å²) in [6, 6.07) is 5.26. The molecular weight excluding hydrogens is 371 g/mol. The lowest BCUT2D eigenvalue weighted by molar-refractivity contribution is -0.137. The van der Waals surface area contributed by atoms with E-state index in [1.54, 1.807) is 0 Å². The molecule has 2 N–H and O–H groups in total. The average Bonchev–Trinajstić information content (AvgIpc) is 3.16. The molecule has 1 aromatic carbocycles. The summed E-state index contributed by atoms with van der Waals surface area (Å²) in [7, 11) is 0. The highest BCUT2D eigenvalue weighted by Crippen LogP contribution is 2.33. The monoisotopic (exact) mass is 393 g/mol. The smallest absolute Gasteiger partial charge is 0.355 e. The Morgan fingerprint density at radius 2 is 1.75 bits per heavy atom. The normalized spacial score (nSPS) is 17.8. The number of alkyl halides is 3. The Balaban J connectivity index is 1.60. The fourth-order valence-corrected chi connectivity index (χ4v) is 3.55. The maximum atomic E-state index is 12.8. The number of carbonyl (C=O) groups excluding carboxylic acids is 1. The lowest BCUT2D eigenvalue weighted by atomic mass is 10.0. The van der Waals surface area contributed by atoms with Crippen LogP contribution in [-0.2, 0) is 12.7 Å². The summed E-state index contributed by atoms with van der Waals surface area (Å²) in [5, 5.41) is 10.3. The van der Waals surface area contributed by atoms with Gasteiger partial charge in [0, 0.05) is 29.8 Å². The van der Waals surface area contributed by atoms with Gasteiger partial charge in [0.25, 0.3) is 5.91 Å². The Morgan fingerprint density at radius 1 is 1.07 bits per heavy atom. The van der Waals surface area contributed by atoms with Crippen LogP contribution in [0, 0.1) is 0 Å². The molecule has 0 atom stereocenters. The van der Waals surface area contributed by atoms with Crippen molar-refractivity contribution in [2.75, 3.05) is 0 Å². The molecule has 0 aliphatic heterocycles. The maximum absolute atomic E-state index is 12.8. The molecular formula is C20H22F3N3O2. The van der Waals surface area contributed by atoms with E-state index in [9.17, 15) is 18.0 Å². The molecule has 28 heavy (non-hydrogen) atoms. The van der Waals surface area contributed by atoms with Crippen LogP contribution in [0.5, 0.6) is 0 Å². The van der Waals surface area contributed by atoms with Crippen molar-refractivity contribution in [2.24, 2.45) is 0 Å². The predicted octanol–water partition coefficient (Wildman–Crippen LogP) is 4.28. The van der Waals surface area contributed by atoms with E-state index in [1.165, 1.54) is 12.1 Å². The van der Waals surface area contributed by atoms with Gasteiger partial charge < -0.3 is 15.2 Å². The zero-order valence-electron chi connectivity index (χ0n) is 15.3. The number of rotatable bonds is 6. The fourth-order valence-electron chi connectivity index (χ4n) is 3.55. The molecule has 0 spiro atoms. The lowest BCUT2D eigenvalue weighted by Crippen LogP contribution is -2.33. The predicted molar refractivity (Wildman–Crippen MR) is 96.5 cm³/mol. The molecule has 0 radical (unpaired) electrons. The van der Waals surface area contributed by atoms with Crippen molar-refractivity contribution in [1.82, 2.24) is 15.8 Å². The minimum atomic E-state index is -4.40. The first-order valence-corrected chi connectivity index (χ1v) is 9.62. The van der Waals surface area contributed by atoms with E-state index in [4.69, 9.17) is 4.52 Å². The Kier molecular flexibility index (Phi) is 5.14. The third-order valence-electron chi connectivity index (χ3n) is 5.31. The summed E-state index contributed by atoms with van der Waals surface area (Å²) in [5.41, 5.74) is 0.526. The average molecular weight is 393 g/mol. The first kappa shape index (κ1) is 19.0. The van der Waals surface area contributed by atoms with Crippen LogP contribution in [0.15, 0.2) is 28.8 Å². The first-order valence-electron chi connectivity index (χ1n) is 9.62. The molecule has 2 aromatic rings. The van der Waals surface area contributed by atoms with Crippen molar-refractivity contribution < 1.29 is 22.5 Å².